The van der Waals surface area contributed by atoms with E-state index in [4.69, 9.17) is 11.6 Å². The first-order valence-corrected chi connectivity index (χ1v) is 8.26. The van der Waals surface area contributed by atoms with Crippen LogP contribution in [0.5, 0.6) is 0 Å². The monoisotopic (exact) mass is 299 g/mol. The molecule has 2 N–H and O–H groups in total. The van der Waals surface area contributed by atoms with E-state index in [9.17, 15) is 0 Å². The summed E-state index contributed by atoms with van der Waals surface area (Å²) in [6.45, 7) is 3.81. The minimum Gasteiger partial charge on any atom is -0.357 e. The molecule has 1 aliphatic rings. The third-order valence-corrected chi connectivity index (χ3v) is 4.59. The van der Waals surface area contributed by atoms with E-state index in [1.807, 2.05) is 6.07 Å². The summed E-state index contributed by atoms with van der Waals surface area (Å²) >= 11 is 7.56. The predicted molar refractivity (Wildman–Crippen MR) is 84.4 cm³/mol. The zero-order valence-corrected chi connectivity index (χ0v) is 13.0. The minimum absolute atomic E-state index is 0.606. The van der Waals surface area contributed by atoms with Crippen molar-refractivity contribution in [2.75, 3.05) is 13.1 Å². The van der Waals surface area contributed by atoms with Gasteiger partial charge in [-0.05, 0) is 31.9 Å². The molecule has 0 unspecified atom stereocenters. The molecule has 0 spiro atoms. The largest absolute Gasteiger partial charge is 0.357 e. The molecule has 0 atom stereocenters. The van der Waals surface area contributed by atoms with Crippen LogP contribution < -0.4 is 10.6 Å². The summed E-state index contributed by atoms with van der Waals surface area (Å²) in [4.78, 5) is 5.94. The Balaban J connectivity index is 1.81. The Bertz CT molecular complexity index is 411. The van der Waals surface area contributed by atoms with Gasteiger partial charge in [0.25, 0.3) is 0 Å². The summed E-state index contributed by atoms with van der Waals surface area (Å²) in [5.41, 5.74) is 0. The molecule has 0 saturated heterocycles. The Morgan fingerprint density at radius 1 is 1.42 bits per heavy atom. The third kappa shape index (κ3) is 5.03. The number of guanidine groups is 1. The van der Waals surface area contributed by atoms with Crippen LogP contribution in [0.2, 0.25) is 4.34 Å². The lowest BCUT2D eigenvalue weighted by atomic mass is 10.2. The second-order valence-corrected chi connectivity index (χ2v) is 6.64. The molecule has 19 heavy (non-hydrogen) atoms. The maximum absolute atomic E-state index is 5.92. The lowest BCUT2D eigenvalue weighted by Gasteiger charge is -2.16. The summed E-state index contributed by atoms with van der Waals surface area (Å²) in [6.07, 6.45) is 6.17. The van der Waals surface area contributed by atoms with Gasteiger partial charge in [-0.2, -0.15) is 0 Å². The molecule has 1 heterocycles. The quantitative estimate of drug-likeness (QED) is 0.645. The van der Waals surface area contributed by atoms with Gasteiger partial charge < -0.3 is 10.6 Å². The molecule has 2 rings (SSSR count). The standard InChI is InChI=1S/C14H22ClN3S/c1-2-16-14(18-11-5-3-4-6-11)17-10-9-12-7-8-13(15)19-12/h7-8,11H,2-6,9-10H2,1H3,(H2,16,17,18). The highest BCUT2D eigenvalue weighted by Crippen LogP contribution is 2.21. The summed E-state index contributed by atoms with van der Waals surface area (Å²) in [7, 11) is 0. The van der Waals surface area contributed by atoms with E-state index in [2.05, 4.69) is 28.6 Å². The number of hydrogen-bond acceptors (Lipinski definition) is 2. The predicted octanol–water partition coefficient (Wildman–Crippen LogP) is 3.44. The van der Waals surface area contributed by atoms with E-state index in [1.54, 1.807) is 11.3 Å². The van der Waals surface area contributed by atoms with Crippen LogP contribution in [-0.2, 0) is 6.42 Å². The van der Waals surface area contributed by atoms with Gasteiger partial charge in [0, 0.05) is 30.4 Å². The highest BCUT2D eigenvalue weighted by molar-refractivity contribution is 7.16. The van der Waals surface area contributed by atoms with Crippen LogP contribution in [0.1, 0.15) is 37.5 Å². The van der Waals surface area contributed by atoms with E-state index in [1.165, 1.54) is 30.6 Å². The van der Waals surface area contributed by atoms with E-state index in [-0.39, 0.29) is 0 Å². The Morgan fingerprint density at radius 2 is 2.21 bits per heavy atom. The number of hydrogen-bond donors (Lipinski definition) is 2. The number of halogens is 1. The second-order valence-electron chi connectivity index (χ2n) is 4.84. The average Bonchev–Trinajstić information content (AvgIpc) is 3.01. The zero-order chi connectivity index (χ0) is 13.5. The fourth-order valence-electron chi connectivity index (χ4n) is 2.35. The number of aliphatic imine (C=N–C) groups is 1. The van der Waals surface area contributed by atoms with Crippen molar-refractivity contribution < 1.29 is 0 Å². The van der Waals surface area contributed by atoms with Crippen molar-refractivity contribution in [3.05, 3.63) is 21.3 Å². The Labute approximate surface area is 124 Å². The van der Waals surface area contributed by atoms with Crippen molar-refractivity contribution in [1.82, 2.24) is 10.6 Å². The fraction of sp³-hybridized carbons (Fsp3) is 0.643. The van der Waals surface area contributed by atoms with Crippen LogP contribution >= 0.6 is 22.9 Å². The van der Waals surface area contributed by atoms with Crippen molar-refractivity contribution >= 4 is 28.9 Å². The van der Waals surface area contributed by atoms with Gasteiger partial charge >= 0.3 is 0 Å². The van der Waals surface area contributed by atoms with Gasteiger partial charge in [0.1, 0.15) is 0 Å². The Morgan fingerprint density at radius 3 is 2.84 bits per heavy atom. The molecule has 1 aliphatic carbocycles. The summed E-state index contributed by atoms with van der Waals surface area (Å²) in [5, 5.41) is 6.84. The molecule has 1 fully saturated rings. The topological polar surface area (TPSA) is 36.4 Å². The minimum atomic E-state index is 0.606. The smallest absolute Gasteiger partial charge is 0.191 e. The van der Waals surface area contributed by atoms with E-state index in [0.29, 0.717) is 6.04 Å². The highest BCUT2D eigenvalue weighted by Gasteiger charge is 2.15. The molecule has 106 valence electrons. The fourth-order valence-corrected chi connectivity index (χ4v) is 3.42. The van der Waals surface area contributed by atoms with Crippen molar-refractivity contribution in [2.24, 2.45) is 4.99 Å². The second kappa shape index (κ2) is 7.75. The van der Waals surface area contributed by atoms with E-state index >= 15 is 0 Å². The van der Waals surface area contributed by atoms with Gasteiger partial charge in [-0.3, -0.25) is 4.99 Å². The molecular formula is C14H22ClN3S. The highest BCUT2D eigenvalue weighted by atomic mass is 35.5. The van der Waals surface area contributed by atoms with Gasteiger partial charge in [-0.15, -0.1) is 11.3 Å². The first kappa shape index (κ1) is 14.7. The van der Waals surface area contributed by atoms with Gasteiger partial charge in [-0.1, -0.05) is 24.4 Å². The molecule has 1 aromatic rings. The van der Waals surface area contributed by atoms with Crippen LogP contribution in [0.25, 0.3) is 0 Å². The Kier molecular flexibility index (Phi) is 5.98. The number of thiophene rings is 1. The number of nitrogens with one attached hydrogen (secondary N) is 2. The van der Waals surface area contributed by atoms with Gasteiger partial charge in [0.15, 0.2) is 5.96 Å². The average molecular weight is 300 g/mol. The number of rotatable bonds is 5. The third-order valence-electron chi connectivity index (χ3n) is 3.30. The summed E-state index contributed by atoms with van der Waals surface area (Å²) < 4.78 is 0.856. The SMILES string of the molecule is CCNC(=NCCc1ccc(Cl)s1)NC1CCCC1. The van der Waals surface area contributed by atoms with Crippen molar-refractivity contribution in [1.29, 1.82) is 0 Å². The first-order valence-electron chi connectivity index (χ1n) is 7.07. The Hall–Kier alpha value is -0.740. The molecule has 0 bridgehead atoms. The molecule has 0 amide bonds. The van der Waals surface area contributed by atoms with Crippen LogP contribution in [0, 0.1) is 0 Å². The van der Waals surface area contributed by atoms with Gasteiger partial charge in [0.05, 0.1) is 4.34 Å². The lowest BCUT2D eigenvalue weighted by molar-refractivity contribution is 0.614. The zero-order valence-electron chi connectivity index (χ0n) is 11.4. The molecule has 1 aromatic heterocycles. The molecule has 0 radical (unpaired) electrons. The van der Waals surface area contributed by atoms with Crippen molar-refractivity contribution in [3.8, 4) is 0 Å². The maximum Gasteiger partial charge on any atom is 0.191 e. The molecular weight excluding hydrogens is 278 g/mol. The lowest BCUT2D eigenvalue weighted by Crippen LogP contribution is -2.42. The van der Waals surface area contributed by atoms with Crippen LogP contribution in [0.3, 0.4) is 0 Å². The normalized spacial score (nSPS) is 16.8. The molecule has 3 nitrogen and oxygen atoms in total. The maximum atomic E-state index is 5.92. The van der Waals surface area contributed by atoms with E-state index < -0.39 is 0 Å². The van der Waals surface area contributed by atoms with Gasteiger partial charge in [0.2, 0.25) is 0 Å². The molecule has 5 heteroatoms. The molecule has 0 aliphatic heterocycles. The van der Waals surface area contributed by atoms with Crippen molar-refractivity contribution in [3.63, 3.8) is 0 Å². The van der Waals surface area contributed by atoms with E-state index in [0.717, 1.165) is 29.8 Å². The summed E-state index contributed by atoms with van der Waals surface area (Å²) in [6, 6.07) is 4.64. The molecule has 1 saturated carbocycles. The van der Waals surface area contributed by atoms with Crippen LogP contribution in [0.15, 0.2) is 17.1 Å². The van der Waals surface area contributed by atoms with Crippen LogP contribution in [0.4, 0.5) is 0 Å². The van der Waals surface area contributed by atoms with Gasteiger partial charge in [-0.25, -0.2) is 0 Å². The molecule has 0 aromatic carbocycles. The first-order chi connectivity index (χ1) is 9.28. The number of nitrogens with zero attached hydrogens (tertiary/aromatic N) is 1. The summed E-state index contributed by atoms with van der Waals surface area (Å²) in [5.74, 6) is 0.956. The van der Waals surface area contributed by atoms with Crippen LogP contribution in [-0.4, -0.2) is 25.1 Å². The van der Waals surface area contributed by atoms with Crippen molar-refractivity contribution in [2.45, 2.75) is 45.1 Å².